The Labute approximate surface area is 136 Å². The van der Waals surface area contributed by atoms with E-state index in [1.54, 1.807) is 6.07 Å². The average molecular weight is 327 g/mol. The van der Waals surface area contributed by atoms with Crippen molar-refractivity contribution in [3.05, 3.63) is 52.6 Å². The van der Waals surface area contributed by atoms with Gasteiger partial charge in [0.25, 0.3) is 0 Å². The second-order valence-electron chi connectivity index (χ2n) is 4.73. The molecule has 0 aliphatic heterocycles. The second kappa shape index (κ2) is 6.32. The maximum Gasteiger partial charge on any atom is 0.315 e. The number of hydrogen-bond acceptors (Lipinski definition) is 7. The van der Waals surface area contributed by atoms with Crippen LogP contribution in [0.1, 0.15) is 0 Å². The molecule has 9 nitrogen and oxygen atoms in total. The molecule has 9 heteroatoms. The monoisotopic (exact) mass is 327 g/mol. The molecule has 0 amide bonds. The van der Waals surface area contributed by atoms with Crippen molar-refractivity contribution < 1.29 is 14.4 Å². The highest BCUT2D eigenvalue weighted by Crippen LogP contribution is 2.40. The first-order chi connectivity index (χ1) is 11.6. The first-order valence-corrected chi connectivity index (χ1v) is 6.90. The number of benzene rings is 2. The fourth-order valence-corrected chi connectivity index (χ4v) is 2.21. The number of tetrazole rings is 1. The minimum atomic E-state index is -0.549. The van der Waals surface area contributed by atoms with Crippen LogP contribution in [0.5, 0.6) is 11.5 Å². The Kier molecular flexibility index (Phi) is 4.06. The predicted molar refractivity (Wildman–Crippen MR) is 84.3 cm³/mol. The van der Waals surface area contributed by atoms with E-state index in [4.69, 9.17) is 9.47 Å². The van der Waals surface area contributed by atoms with Gasteiger partial charge in [-0.3, -0.25) is 10.1 Å². The number of ether oxygens (including phenoxy) is 2. The van der Waals surface area contributed by atoms with Crippen LogP contribution in [0.25, 0.3) is 17.1 Å². The minimum absolute atomic E-state index is 0.0432. The lowest BCUT2D eigenvalue weighted by Crippen LogP contribution is -1.99. The van der Waals surface area contributed by atoms with Crippen molar-refractivity contribution in [1.82, 2.24) is 20.2 Å². The summed E-state index contributed by atoms with van der Waals surface area (Å²) in [5.74, 6) is 0.502. The van der Waals surface area contributed by atoms with Crippen LogP contribution in [0.4, 0.5) is 5.69 Å². The summed E-state index contributed by atoms with van der Waals surface area (Å²) in [6.45, 7) is 0. The molecule has 122 valence electrons. The predicted octanol–water partition coefficient (Wildman–Crippen LogP) is 2.25. The molecule has 24 heavy (non-hydrogen) atoms. The molecular weight excluding hydrogens is 314 g/mol. The molecule has 0 N–H and O–H groups in total. The van der Waals surface area contributed by atoms with Crippen molar-refractivity contribution in [2.24, 2.45) is 0 Å². The third-order valence-corrected chi connectivity index (χ3v) is 3.31. The summed E-state index contributed by atoms with van der Waals surface area (Å²) in [6.07, 6.45) is 0. The third-order valence-electron chi connectivity index (χ3n) is 3.31. The maximum atomic E-state index is 11.3. The Morgan fingerprint density at radius 2 is 1.88 bits per heavy atom. The van der Waals surface area contributed by atoms with E-state index in [9.17, 15) is 10.1 Å². The molecule has 0 saturated heterocycles. The highest BCUT2D eigenvalue weighted by atomic mass is 16.6. The van der Waals surface area contributed by atoms with E-state index >= 15 is 0 Å². The quantitative estimate of drug-likeness (QED) is 0.522. The number of rotatable bonds is 5. The number of para-hydroxylation sites is 1. The molecule has 1 aromatic heterocycles. The smallest absolute Gasteiger partial charge is 0.315 e. The van der Waals surface area contributed by atoms with Crippen LogP contribution >= 0.6 is 0 Å². The Balaban J connectivity index is 2.08. The number of hydrogen-bond donors (Lipinski definition) is 0. The number of aromatic nitrogens is 4. The van der Waals surface area contributed by atoms with Crippen LogP contribution in [0.15, 0.2) is 42.5 Å². The average Bonchev–Trinajstić information content (AvgIpc) is 3.11. The molecule has 1 heterocycles. The molecule has 3 aromatic rings. The zero-order chi connectivity index (χ0) is 17.1. The van der Waals surface area contributed by atoms with Gasteiger partial charge in [0, 0.05) is 11.6 Å². The van der Waals surface area contributed by atoms with E-state index in [1.807, 2.05) is 30.3 Å². The van der Waals surface area contributed by atoms with E-state index in [2.05, 4.69) is 15.4 Å². The minimum Gasteiger partial charge on any atom is -0.493 e. The standard InChI is InChI=1S/C15H13N5O4/c1-23-13-9-10(8-12(20(21)22)14(13)24-2)15-16-18-19(17-15)11-6-4-3-5-7-11/h3-9H,1-2H3. The molecule has 0 aliphatic carbocycles. The van der Waals surface area contributed by atoms with Crippen LogP contribution in [0.2, 0.25) is 0 Å². The van der Waals surface area contributed by atoms with Gasteiger partial charge < -0.3 is 9.47 Å². The highest BCUT2D eigenvalue weighted by Gasteiger charge is 2.23. The Hall–Kier alpha value is -3.49. The number of nitrogens with zero attached hydrogens (tertiary/aromatic N) is 5. The van der Waals surface area contributed by atoms with Crippen molar-refractivity contribution in [1.29, 1.82) is 0 Å². The van der Waals surface area contributed by atoms with Gasteiger partial charge in [-0.05, 0) is 23.4 Å². The van der Waals surface area contributed by atoms with Gasteiger partial charge in [0.15, 0.2) is 5.75 Å². The molecule has 0 unspecified atom stereocenters. The summed E-state index contributed by atoms with van der Waals surface area (Å²) in [6, 6.07) is 12.1. The Morgan fingerprint density at radius 1 is 1.12 bits per heavy atom. The van der Waals surface area contributed by atoms with Gasteiger partial charge in [-0.15, -0.1) is 15.0 Å². The summed E-state index contributed by atoms with van der Waals surface area (Å²) < 4.78 is 10.2. The molecular formula is C15H13N5O4. The van der Waals surface area contributed by atoms with Crippen LogP contribution < -0.4 is 9.47 Å². The van der Waals surface area contributed by atoms with Gasteiger partial charge in [-0.25, -0.2) is 0 Å². The van der Waals surface area contributed by atoms with Crippen LogP contribution in [-0.4, -0.2) is 39.4 Å². The van der Waals surface area contributed by atoms with Gasteiger partial charge in [0.1, 0.15) is 0 Å². The summed E-state index contributed by atoms with van der Waals surface area (Å²) in [5, 5.41) is 23.5. The van der Waals surface area contributed by atoms with E-state index in [-0.39, 0.29) is 23.0 Å². The van der Waals surface area contributed by atoms with E-state index in [0.29, 0.717) is 5.56 Å². The lowest BCUT2D eigenvalue weighted by atomic mass is 10.1. The van der Waals surface area contributed by atoms with E-state index in [1.165, 1.54) is 25.1 Å². The van der Waals surface area contributed by atoms with Crippen molar-refractivity contribution in [3.63, 3.8) is 0 Å². The Morgan fingerprint density at radius 3 is 2.50 bits per heavy atom. The van der Waals surface area contributed by atoms with Gasteiger partial charge in [-0.1, -0.05) is 18.2 Å². The fraction of sp³-hybridized carbons (Fsp3) is 0.133. The summed E-state index contributed by atoms with van der Waals surface area (Å²) in [5.41, 5.74) is 0.899. The summed E-state index contributed by atoms with van der Waals surface area (Å²) in [7, 11) is 2.74. The first-order valence-electron chi connectivity index (χ1n) is 6.90. The lowest BCUT2D eigenvalue weighted by Gasteiger charge is -2.08. The molecule has 3 rings (SSSR count). The van der Waals surface area contributed by atoms with Crippen molar-refractivity contribution in [3.8, 4) is 28.6 Å². The number of nitro groups is 1. The molecule has 0 bridgehead atoms. The molecule has 0 saturated carbocycles. The zero-order valence-electron chi connectivity index (χ0n) is 12.9. The van der Waals surface area contributed by atoms with Gasteiger partial charge in [0.05, 0.1) is 24.8 Å². The van der Waals surface area contributed by atoms with E-state index in [0.717, 1.165) is 5.69 Å². The van der Waals surface area contributed by atoms with Gasteiger partial charge in [0.2, 0.25) is 11.6 Å². The summed E-state index contributed by atoms with van der Waals surface area (Å²) in [4.78, 5) is 12.1. The SMILES string of the molecule is COc1cc(-c2nnn(-c3ccccc3)n2)cc([N+](=O)[O-])c1OC. The molecule has 0 aliphatic rings. The van der Waals surface area contributed by atoms with Crippen LogP contribution in [0, 0.1) is 10.1 Å². The molecule has 2 aromatic carbocycles. The largest absolute Gasteiger partial charge is 0.493 e. The molecule has 0 radical (unpaired) electrons. The number of nitro benzene ring substituents is 1. The van der Waals surface area contributed by atoms with Crippen molar-refractivity contribution in [2.45, 2.75) is 0 Å². The topological polar surface area (TPSA) is 105 Å². The van der Waals surface area contributed by atoms with Crippen LogP contribution in [0.3, 0.4) is 0 Å². The van der Waals surface area contributed by atoms with Crippen molar-refractivity contribution >= 4 is 5.69 Å². The Bertz CT molecular complexity index is 879. The third kappa shape index (κ3) is 2.74. The second-order valence-corrected chi connectivity index (χ2v) is 4.73. The summed E-state index contributed by atoms with van der Waals surface area (Å²) >= 11 is 0. The van der Waals surface area contributed by atoms with Crippen molar-refractivity contribution in [2.75, 3.05) is 14.2 Å². The van der Waals surface area contributed by atoms with Gasteiger partial charge >= 0.3 is 5.69 Å². The fourth-order valence-electron chi connectivity index (χ4n) is 2.21. The number of methoxy groups -OCH3 is 2. The molecule has 0 atom stereocenters. The van der Waals surface area contributed by atoms with Gasteiger partial charge in [-0.2, -0.15) is 0 Å². The maximum absolute atomic E-state index is 11.3. The zero-order valence-corrected chi connectivity index (χ0v) is 12.9. The lowest BCUT2D eigenvalue weighted by molar-refractivity contribution is -0.385. The first kappa shape index (κ1) is 15.4. The van der Waals surface area contributed by atoms with Crippen LogP contribution in [-0.2, 0) is 0 Å². The normalized spacial score (nSPS) is 10.4. The van der Waals surface area contributed by atoms with E-state index < -0.39 is 4.92 Å². The molecule has 0 fully saturated rings. The highest BCUT2D eigenvalue weighted by molar-refractivity contribution is 5.68. The molecule has 0 spiro atoms.